The van der Waals surface area contributed by atoms with Gasteiger partial charge in [0, 0.05) is 5.56 Å². The number of quaternary nitrogens is 1. The van der Waals surface area contributed by atoms with Crippen LogP contribution in [-0.2, 0) is 0 Å². The second kappa shape index (κ2) is 8.23. The van der Waals surface area contributed by atoms with Crippen LogP contribution in [0, 0.1) is 11.6 Å². The summed E-state index contributed by atoms with van der Waals surface area (Å²) in [6, 6.07) is 10.6. The molecule has 136 valence electrons. The van der Waals surface area contributed by atoms with Crippen molar-refractivity contribution < 1.29 is 18.5 Å². The van der Waals surface area contributed by atoms with Crippen molar-refractivity contribution in [1.82, 2.24) is 0 Å². The molecule has 1 fully saturated rings. The second-order valence-electron chi connectivity index (χ2n) is 6.51. The van der Waals surface area contributed by atoms with Crippen LogP contribution in [0.15, 0.2) is 48.5 Å². The Labute approximate surface area is 152 Å². The summed E-state index contributed by atoms with van der Waals surface area (Å²) >= 11 is 0. The van der Waals surface area contributed by atoms with E-state index in [1.54, 1.807) is 24.3 Å². The number of carbonyl (C=O) groups is 1. The fourth-order valence-electron chi connectivity index (χ4n) is 3.21. The van der Waals surface area contributed by atoms with Gasteiger partial charge in [-0.05, 0) is 48.9 Å². The lowest BCUT2D eigenvalue weighted by Gasteiger charge is -2.33. The molecule has 0 aromatic heterocycles. The molecule has 1 saturated heterocycles. The molecule has 0 atom stereocenters. The largest absolute Gasteiger partial charge is 0.358 e. The Hall–Kier alpha value is -2.53. The molecular weight excluding hydrogens is 334 g/mol. The van der Waals surface area contributed by atoms with Gasteiger partial charge in [-0.3, -0.25) is 4.79 Å². The zero-order valence-corrected chi connectivity index (χ0v) is 14.8. The minimum Gasteiger partial charge on any atom is -0.358 e. The average Bonchev–Trinajstić information content (AvgIpc) is 2.66. The maximum absolute atomic E-state index is 14.5. The van der Waals surface area contributed by atoms with Gasteiger partial charge >= 0.3 is 0 Å². The normalized spacial score (nSPS) is 15.6. The van der Waals surface area contributed by atoms with Crippen LogP contribution < -0.4 is 9.80 Å². The monoisotopic (exact) mass is 357 g/mol. The molecule has 5 heteroatoms. The molecule has 0 amide bonds. The number of ketones is 1. The van der Waals surface area contributed by atoms with Gasteiger partial charge in [-0.15, -0.1) is 0 Å². The topological polar surface area (TPSA) is 24.8 Å². The quantitative estimate of drug-likeness (QED) is 0.657. The minimum absolute atomic E-state index is 0.289. The number of halogens is 2. The number of rotatable bonds is 5. The van der Waals surface area contributed by atoms with E-state index in [9.17, 15) is 13.6 Å². The van der Waals surface area contributed by atoms with E-state index >= 15 is 0 Å². The first-order valence-corrected chi connectivity index (χ1v) is 8.93. The van der Waals surface area contributed by atoms with Crippen molar-refractivity contribution in [3.63, 3.8) is 0 Å². The van der Waals surface area contributed by atoms with Crippen molar-refractivity contribution >= 4 is 17.5 Å². The number of carbonyl (C=O) groups excluding carboxylic acids is 1. The molecule has 26 heavy (non-hydrogen) atoms. The summed E-state index contributed by atoms with van der Waals surface area (Å²) in [5.41, 5.74) is 1.43. The summed E-state index contributed by atoms with van der Waals surface area (Å²) in [6.07, 6.45) is 2.87. The van der Waals surface area contributed by atoms with E-state index in [-0.39, 0.29) is 23.0 Å². The number of nitrogens with zero attached hydrogens (tertiary/aromatic N) is 1. The van der Waals surface area contributed by atoms with Gasteiger partial charge < -0.3 is 9.80 Å². The summed E-state index contributed by atoms with van der Waals surface area (Å²) in [5.74, 6) is -1.05. The summed E-state index contributed by atoms with van der Waals surface area (Å²) in [6.45, 7) is 6.85. The Morgan fingerprint density at radius 2 is 1.92 bits per heavy atom. The molecule has 0 bridgehead atoms. The predicted octanol–water partition coefficient (Wildman–Crippen LogP) is 2.59. The first kappa shape index (κ1) is 18.3. The van der Waals surface area contributed by atoms with Crippen LogP contribution in [0.5, 0.6) is 0 Å². The Balaban J connectivity index is 1.70. The molecular formula is C21H23F2N2O+. The minimum atomic E-state index is -0.380. The van der Waals surface area contributed by atoms with Gasteiger partial charge in [0.15, 0.2) is 5.78 Å². The zero-order valence-electron chi connectivity index (χ0n) is 14.8. The molecule has 1 heterocycles. The zero-order chi connectivity index (χ0) is 18.5. The number of likely N-dealkylation sites (N-methyl/N-ethyl adjacent to an activating group) is 1. The van der Waals surface area contributed by atoms with E-state index in [0.717, 1.165) is 32.7 Å². The molecule has 2 aromatic carbocycles. The van der Waals surface area contributed by atoms with E-state index in [1.807, 2.05) is 4.90 Å². The van der Waals surface area contributed by atoms with Crippen LogP contribution in [0.1, 0.15) is 22.8 Å². The number of hydrogen-bond donors (Lipinski definition) is 1. The van der Waals surface area contributed by atoms with Gasteiger partial charge in [-0.25, -0.2) is 8.78 Å². The van der Waals surface area contributed by atoms with Crippen LogP contribution in [0.4, 0.5) is 14.5 Å². The molecule has 0 unspecified atom stereocenters. The summed E-state index contributed by atoms with van der Waals surface area (Å²) in [7, 11) is 0. The maximum Gasteiger partial charge on any atom is 0.185 e. The number of hydrogen-bond acceptors (Lipinski definition) is 2. The second-order valence-corrected chi connectivity index (χ2v) is 6.51. The van der Waals surface area contributed by atoms with Gasteiger partial charge in [-0.1, -0.05) is 18.2 Å². The smallest absolute Gasteiger partial charge is 0.185 e. The maximum atomic E-state index is 14.5. The highest BCUT2D eigenvalue weighted by atomic mass is 19.1. The lowest BCUT2D eigenvalue weighted by atomic mass is 10.1. The molecule has 0 radical (unpaired) electrons. The van der Waals surface area contributed by atoms with Crippen LogP contribution in [0.25, 0.3) is 6.08 Å². The third-order valence-corrected chi connectivity index (χ3v) is 4.82. The van der Waals surface area contributed by atoms with Gasteiger partial charge in [0.05, 0.1) is 38.4 Å². The number of allylic oxidation sites excluding steroid dienone is 1. The SMILES string of the molecule is CC[NH+]1CCN(c2ccc(C(=O)/C=C/c3cccc(F)c3)cc2F)CC1. The number of nitrogens with one attached hydrogen (secondary N) is 1. The molecule has 0 spiro atoms. The van der Waals surface area contributed by atoms with Crippen molar-refractivity contribution in [1.29, 1.82) is 0 Å². The first-order valence-electron chi connectivity index (χ1n) is 8.93. The van der Waals surface area contributed by atoms with Gasteiger partial charge in [0.2, 0.25) is 0 Å². The number of benzene rings is 2. The molecule has 1 aliphatic rings. The molecule has 0 aliphatic carbocycles. The van der Waals surface area contributed by atoms with Crippen molar-refractivity contribution in [3.8, 4) is 0 Å². The Bertz CT molecular complexity index is 811. The van der Waals surface area contributed by atoms with Crippen molar-refractivity contribution in [2.45, 2.75) is 6.92 Å². The van der Waals surface area contributed by atoms with E-state index in [0.29, 0.717) is 11.3 Å². The first-order chi connectivity index (χ1) is 12.6. The van der Waals surface area contributed by atoms with E-state index < -0.39 is 0 Å². The Morgan fingerprint density at radius 3 is 2.58 bits per heavy atom. The molecule has 3 nitrogen and oxygen atoms in total. The summed E-state index contributed by atoms with van der Waals surface area (Å²) < 4.78 is 27.7. The van der Waals surface area contributed by atoms with Gasteiger partial charge in [0.25, 0.3) is 0 Å². The molecule has 3 rings (SSSR count). The summed E-state index contributed by atoms with van der Waals surface area (Å²) in [5, 5.41) is 0. The molecule has 1 N–H and O–H groups in total. The van der Waals surface area contributed by atoms with Crippen LogP contribution >= 0.6 is 0 Å². The van der Waals surface area contributed by atoms with E-state index in [4.69, 9.17) is 0 Å². The highest BCUT2D eigenvalue weighted by Gasteiger charge is 2.21. The lowest BCUT2D eigenvalue weighted by Crippen LogP contribution is -3.14. The number of piperazine rings is 1. The number of anilines is 1. The standard InChI is InChI=1S/C21H22F2N2O/c1-2-24-10-12-25(13-11-24)20-8-7-17(15-19(20)23)21(26)9-6-16-4-3-5-18(22)14-16/h3-9,14-15H,2,10-13H2,1H3/p+1/b9-6+. The Morgan fingerprint density at radius 1 is 1.15 bits per heavy atom. The van der Waals surface area contributed by atoms with Crippen molar-refractivity contribution in [2.75, 3.05) is 37.6 Å². The van der Waals surface area contributed by atoms with E-state index in [2.05, 4.69) is 6.92 Å². The van der Waals surface area contributed by atoms with Crippen LogP contribution in [0.2, 0.25) is 0 Å². The fourth-order valence-corrected chi connectivity index (χ4v) is 3.21. The molecule has 0 saturated carbocycles. The average molecular weight is 357 g/mol. The Kier molecular flexibility index (Phi) is 5.78. The van der Waals surface area contributed by atoms with Crippen LogP contribution in [-0.4, -0.2) is 38.5 Å². The van der Waals surface area contributed by atoms with Crippen LogP contribution in [0.3, 0.4) is 0 Å². The fraction of sp³-hybridized carbons (Fsp3) is 0.286. The highest BCUT2D eigenvalue weighted by molar-refractivity contribution is 6.07. The molecule has 1 aliphatic heterocycles. The lowest BCUT2D eigenvalue weighted by molar-refractivity contribution is -0.898. The molecule has 2 aromatic rings. The van der Waals surface area contributed by atoms with E-state index in [1.165, 1.54) is 35.3 Å². The third kappa shape index (κ3) is 4.35. The van der Waals surface area contributed by atoms with Crippen molar-refractivity contribution in [3.05, 3.63) is 71.3 Å². The highest BCUT2D eigenvalue weighted by Crippen LogP contribution is 2.21. The van der Waals surface area contributed by atoms with Gasteiger partial charge in [-0.2, -0.15) is 0 Å². The summed E-state index contributed by atoms with van der Waals surface area (Å²) in [4.78, 5) is 15.8. The van der Waals surface area contributed by atoms with Gasteiger partial charge in [0.1, 0.15) is 11.6 Å². The predicted molar refractivity (Wildman–Crippen MR) is 99.6 cm³/mol. The van der Waals surface area contributed by atoms with Crippen molar-refractivity contribution in [2.24, 2.45) is 0 Å². The third-order valence-electron chi connectivity index (χ3n) is 4.82.